The summed E-state index contributed by atoms with van der Waals surface area (Å²) in [5, 5.41) is 20.1. The van der Waals surface area contributed by atoms with Gasteiger partial charge in [-0.1, -0.05) is 14.9 Å². The number of phenolic OH excluding ortho intramolecular Hbond substituents is 2. The molecule has 34 heavy (non-hydrogen) atoms. The Hall–Kier alpha value is -2.52. The van der Waals surface area contributed by atoms with Gasteiger partial charge in [0.15, 0.2) is 0 Å². The van der Waals surface area contributed by atoms with Crippen molar-refractivity contribution in [2.45, 2.75) is 40.8 Å². The van der Waals surface area contributed by atoms with Gasteiger partial charge in [-0.2, -0.15) is 0 Å². The van der Waals surface area contributed by atoms with Crippen LogP contribution in [0.4, 0.5) is 11.4 Å². The Morgan fingerprint density at radius 3 is 1.41 bits per heavy atom. The van der Waals surface area contributed by atoms with Gasteiger partial charge in [-0.05, 0) is 62.3 Å². The third-order valence-corrected chi connectivity index (χ3v) is 6.46. The fourth-order valence-electron chi connectivity index (χ4n) is 4.65. The fraction of sp³-hybridized carbons (Fsp3) is 0.538. The average Bonchev–Trinajstić information content (AvgIpc) is 3.40. The van der Waals surface area contributed by atoms with E-state index in [-0.39, 0.29) is 14.9 Å². The summed E-state index contributed by atoms with van der Waals surface area (Å²) in [4.78, 5) is 9.70. The molecular weight excluding hydrogens is 428 g/mol. The number of aromatic hydroxyl groups is 2. The lowest BCUT2D eigenvalue weighted by Crippen LogP contribution is -2.28. The Morgan fingerprint density at radius 1 is 0.618 bits per heavy atom. The maximum Gasteiger partial charge on any atom is 0.120 e. The van der Waals surface area contributed by atoms with Crippen LogP contribution < -0.4 is 11.5 Å². The van der Waals surface area contributed by atoms with Crippen molar-refractivity contribution in [2.75, 3.05) is 64.1 Å². The maximum absolute atomic E-state index is 10.0. The van der Waals surface area contributed by atoms with E-state index in [4.69, 9.17) is 11.5 Å². The summed E-state index contributed by atoms with van der Waals surface area (Å²) in [6.45, 7) is 9.75. The number of phenols is 2. The van der Waals surface area contributed by atoms with Crippen molar-refractivity contribution in [1.82, 2.24) is 19.6 Å². The predicted molar refractivity (Wildman–Crippen MR) is 141 cm³/mol. The first-order valence-electron chi connectivity index (χ1n) is 11.5. The number of rotatable bonds is 9. The van der Waals surface area contributed by atoms with Crippen molar-refractivity contribution >= 4 is 11.4 Å². The van der Waals surface area contributed by atoms with Crippen molar-refractivity contribution in [2.24, 2.45) is 0 Å². The lowest BCUT2D eigenvalue weighted by Gasteiger charge is -2.20. The molecule has 190 valence electrons. The number of nitrogens with zero attached hydrogens (tertiary/aromatic N) is 4. The monoisotopic (exact) mass is 472 g/mol. The summed E-state index contributed by atoms with van der Waals surface area (Å²) in [5.41, 5.74) is 14.9. The minimum absolute atomic E-state index is 0. The van der Waals surface area contributed by atoms with Crippen molar-refractivity contribution in [3.63, 3.8) is 0 Å². The Kier molecular flexibility index (Phi) is 10.4. The van der Waals surface area contributed by atoms with Crippen LogP contribution in [0.25, 0.3) is 0 Å². The smallest absolute Gasteiger partial charge is 0.120 e. The third-order valence-electron chi connectivity index (χ3n) is 6.46. The van der Waals surface area contributed by atoms with Crippen LogP contribution in [0.3, 0.4) is 0 Å². The van der Waals surface area contributed by atoms with E-state index >= 15 is 0 Å². The summed E-state index contributed by atoms with van der Waals surface area (Å²) < 4.78 is 0. The van der Waals surface area contributed by atoms with Crippen molar-refractivity contribution in [3.8, 4) is 11.5 Å². The number of nitrogens with two attached hydrogens (primary N) is 2. The van der Waals surface area contributed by atoms with Gasteiger partial charge in [-0.3, -0.25) is 19.6 Å². The van der Waals surface area contributed by atoms with E-state index in [1.807, 2.05) is 12.1 Å². The maximum atomic E-state index is 10.0. The van der Waals surface area contributed by atoms with Crippen molar-refractivity contribution < 1.29 is 10.2 Å². The van der Waals surface area contributed by atoms with Gasteiger partial charge in [0.2, 0.25) is 0 Å². The molecule has 8 heteroatoms. The van der Waals surface area contributed by atoms with Crippen LogP contribution in [0.1, 0.15) is 38.8 Å². The molecule has 2 saturated heterocycles. The van der Waals surface area contributed by atoms with Gasteiger partial charge in [0.25, 0.3) is 0 Å². The molecule has 0 spiro atoms. The minimum atomic E-state index is 0. The summed E-state index contributed by atoms with van der Waals surface area (Å²) in [5.74, 6) is 0.645. The molecule has 2 aromatic carbocycles. The van der Waals surface area contributed by atoms with Crippen LogP contribution in [0, 0.1) is 0 Å². The molecule has 0 atom stereocenters. The molecule has 0 aliphatic carbocycles. The van der Waals surface area contributed by atoms with E-state index in [1.54, 1.807) is 24.3 Å². The standard InChI is InChI=1S/C24H36N6O2.2CH4/c25-21-3-5-23(31)19(13-21)15-29-11-9-27(17-29)7-1-2-8-28-10-12-30(18-28)16-20-14-22(26)4-6-24(20)32;;/h3-6,13-14,31-32H,1-2,7-12,15-18,25-26H2;2*1H4. The van der Waals surface area contributed by atoms with Gasteiger partial charge in [-0.15, -0.1) is 0 Å². The molecule has 2 aromatic rings. The number of hydrogen-bond acceptors (Lipinski definition) is 8. The Balaban J connectivity index is 0.00000204. The number of hydrogen-bond donors (Lipinski definition) is 4. The first kappa shape index (κ1) is 27.7. The first-order chi connectivity index (χ1) is 15.5. The van der Waals surface area contributed by atoms with Crippen molar-refractivity contribution in [1.29, 1.82) is 0 Å². The minimum Gasteiger partial charge on any atom is -0.508 e. The normalized spacial score (nSPS) is 17.5. The molecule has 2 aliphatic heterocycles. The molecule has 6 N–H and O–H groups in total. The molecule has 8 nitrogen and oxygen atoms in total. The average molecular weight is 473 g/mol. The lowest BCUT2D eigenvalue weighted by molar-refractivity contribution is 0.219. The number of benzene rings is 2. The van der Waals surface area contributed by atoms with Crippen LogP contribution in [0.5, 0.6) is 11.5 Å². The molecule has 0 radical (unpaired) electrons. The summed E-state index contributed by atoms with van der Waals surface area (Å²) in [6, 6.07) is 10.6. The molecular formula is C26H44N6O2. The highest BCUT2D eigenvalue weighted by atomic mass is 16.3. The molecule has 0 amide bonds. The second-order valence-corrected chi connectivity index (χ2v) is 9.11. The summed E-state index contributed by atoms with van der Waals surface area (Å²) in [7, 11) is 0. The molecule has 2 heterocycles. The lowest BCUT2D eigenvalue weighted by atomic mass is 10.1. The molecule has 4 rings (SSSR count). The third kappa shape index (κ3) is 7.50. The van der Waals surface area contributed by atoms with Gasteiger partial charge >= 0.3 is 0 Å². The molecule has 2 aliphatic rings. The highest BCUT2D eigenvalue weighted by Crippen LogP contribution is 2.24. The Bertz CT molecular complexity index is 835. The van der Waals surface area contributed by atoms with Crippen molar-refractivity contribution in [3.05, 3.63) is 47.5 Å². The fourth-order valence-corrected chi connectivity index (χ4v) is 4.65. The Labute approximate surface area is 205 Å². The number of unbranched alkanes of at least 4 members (excludes halogenated alkanes) is 1. The van der Waals surface area contributed by atoms with E-state index in [9.17, 15) is 10.2 Å². The van der Waals surface area contributed by atoms with E-state index in [2.05, 4.69) is 19.6 Å². The van der Waals surface area contributed by atoms with E-state index < -0.39 is 0 Å². The number of nitrogen functional groups attached to an aromatic ring is 2. The number of anilines is 2. The molecule has 0 aromatic heterocycles. The van der Waals surface area contributed by atoms with Gasteiger partial charge in [0.05, 0.1) is 13.3 Å². The van der Waals surface area contributed by atoms with Crippen LogP contribution in [-0.2, 0) is 13.1 Å². The predicted octanol–water partition coefficient (Wildman–Crippen LogP) is 3.17. The van der Waals surface area contributed by atoms with E-state index in [1.165, 1.54) is 12.8 Å². The Morgan fingerprint density at radius 2 is 1.00 bits per heavy atom. The van der Waals surface area contributed by atoms with Crippen LogP contribution in [0.15, 0.2) is 36.4 Å². The van der Waals surface area contributed by atoms with Crippen LogP contribution in [0.2, 0.25) is 0 Å². The zero-order valence-electron chi connectivity index (χ0n) is 18.8. The second-order valence-electron chi connectivity index (χ2n) is 9.11. The first-order valence-corrected chi connectivity index (χ1v) is 11.5. The molecule has 0 saturated carbocycles. The largest absolute Gasteiger partial charge is 0.508 e. The van der Waals surface area contributed by atoms with Gasteiger partial charge in [0.1, 0.15) is 11.5 Å². The summed E-state index contributed by atoms with van der Waals surface area (Å²) in [6.07, 6.45) is 2.37. The zero-order chi connectivity index (χ0) is 22.5. The van der Waals surface area contributed by atoms with E-state index in [0.29, 0.717) is 22.9 Å². The SMILES string of the molecule is C.C.Nc1ccc(O)c(CN2CCN(CCCCN3CCN(Cc4cc(N)ccc4O)C3)C2)c1. The second kappa shape index (κ2) is 12.8. The highest BCUT2D eigenvalue weighted by Gasteiger charge is 2.22. The van der Waals surface area contributed by atoms with Crippen LogP contribution in [-0.4, -0.2) is 82.4 Å². The molecule has 0 unspecified atom stereocenters. The quantitative estimate of drug-likeness (QED) is 0.251. The van der Waals surface area contributed by atoms with Gasteiger partial charge in [0, 0.05) is 61.8 Å². The topological polar surface area (TPSA) is 105 Å². The van der Waals surface area contributed by atoms with Gasteiger partial charge < -0.3 is 21.7 Å². The highest BCUT2D eigenvalue weighted by molar-refractivity contribution is 5.48. The van der Waals surface area contributed by atoms with Gasteiger partial charge in [-0.25, -0.2) is 0 Å². The van der Waals surface area contributed by atoms with E-state index in [0.717, 1.165) is 76.8 Å². The molecule has 2 fully saturated rings. The molecule has 0 bridgehead atoms. The zero-order valence-corrected chi connectivity index (χ0v) is 18.8. The summed E-state index contributed by atoms with van der Waals surface area (Å²) >= 11 is 0. The van der Waals surface area contributed by atoms with Crippen LogP contribution >= 0.6 is 0 Å².